The summed E-state index contributed by atoms with van der Waals surface area (Å²) in [5, 5.41) is 10.1. The molecular formula is C13H25N5O2S. The summed E-state index contributed by atoms with van der Waals surface area (Å²) in [5.41, 5.74) is 1.95. The number of anilines is 1. The van der Waals surface area contributed by atoms with Crippen LogP contribution in [0.2, 0.25) is 0 Å². The summed E-state index contributed by atoms with van der Waals surface area (Å²) in [6, 6.07) is 0.0173. The van der Waals surface area contributed by atoms with Crippen LogP contribution in [0.5, 0.6) is 0 Å². The minimum atomic E-state index is -3.55. The molecule has 120 valence electrons. The van der Waals surface area contributed by atoms with Gasteiger partial charge in [-0.3, -0.25) is 9.82 Å². The molecule has 2 rings (SSSR count). The molecule has 1 aliphatic heterocycles. The molecule has 0 saturated carbocycles. The van der Waals surface area contributed by atoms with E-state index in [4.69, 9.17) is 0 Å². The Morgan fingerprint density at radius 1 is 1.38 bits per heavy atom. The van der Waals surface area contributed by atoms with E-state index in [0.29, 0.717) is 24.5 Å². The van der Waals surface area contributed by atoms with Crippen molar-refractivity contribution in [3.05, 3.63) is 11.4 Å². The molecule has 0 amide bonds. The molecule has 1 saturated heterocycles. The number of hydrogen-bond acceptors (Lipinski definition) is 4. The van der Waals surface area contributed by atoms with Gasteiger partial charge in [0.15, 0.2) is 0 Å². The Balaban J connectivity index is 2.16. The molecule has 1 fully saturated rings. The van der Waals surface area contributed by atoms with Crippen LogP contribution in [-0.2, 0) is 10.2 Å². The van der Waals surface area contributed by atoms with Gasteiger partial charge in [0.2, 0.25) is 0 Å². The highest BCUT2D eigenvalue weighted by Gasteiger charge is 2.32. The summed E-state index contributed by atoms with van der Waals surface area (Å²) in [5.74, 6) is 0. The van der Waals surface area contributed by atoms with Crippen LogP contribution in [0.15, 0.2) is 0 Å². The summed E-state index contributed by atoms with van der Waals surface area (Å²) in [7, 11) is -3.55. The van der Waals surface area contributed by atoms with E-state index in [-0.39, 0.29) is 6.04 Å². The maximum Gasteiger partial charge on any atom is 0.302 e. The zero-order valence-electron chi connectivity index (χ0n) is 12.9. The first-order valence-electron chi connectivity index (χ1n) is 7.47. The molecule has 1 aromatic heterocycles. The monoisotopic (exact) mass is 315 g/mol. The Kier molecular flexibility index (Phi) is 5.23. The maximum absolute atomic E-state index is 12.7. The summed E-state index contributed by atoms with van der Waals surface area (Å²) in [4.78, 5) is 0. The lowest BCUT2D eigenvalue weighted by Gasteiger charge is -2.34. The highest BCUT2D eigenvalue weighted by Crippen LogP contribution is 2.24. The minimum Gasteiger partial charge on any atom is -0.315 e. The number of piperidine rings is 1. The molecule has 0 aliphatic carbocycles. The lowest BCUT2D eigenvalue weighted by Crippen LogP contribution is -2.50. The fraction of sp³-hybridized carbons (Fsp3) is 0.769. The number of nitrogens with one attached hydrogen (secondary N) is 3. The van der Waals surface area contributed by atoms with Crippen molar-refractivity contribution in [1.29, 1.82) is 0 Å². The number of hydrogen-bond donors (Lipinski definition) is 3. The van der Waals surface area contributed by atoms with E-state index in [1.807, 2.05) is 13.8 Å². The molecular weight excluding hydrogens is 290 g/mol. The number of H-pyrrole nitrogens is 1. The quantitative estimate of drug-likeness (QED) is 0.734. The van der Waals surface area contributed by atoms with Gasteiger partial charge in [-0.15, -0.1) is 0 Å². The Morgan fingerprint density at radius 2 is 2.14 bits per heavy atom. The van der Waals surface area contributed by atoms with E-state index < -0.39 is 10.2 Å². The third-order valence-corrected chi connectivity index (χ3v) is 5.43. The summed E-state index contributed by atoms with van der Waals surface area (Å²) >= 11 is 0. The van der Waals surface area contributed by atoms with Crippen molar-refractivity contribution >= 4 is 15.9 Å². The van der Waals surface area contributed by atoms with Crippen LogP contribution < -0.4 is 10.0 Å². The van der Waals surface area contributed by atoms with Crippen molar-refractivity contribution in [2.24, 2.45) is 0 Å². The highest BCUT2D eigenvalue weighted by molar-refractivity contribution is 7.90. The van der Waals surface area contributed by atoms with E-state index in [2.05, 4.69) is 20.2 Å². The van der Waals surface area contributed by atoms with Crippen molar-refractivity contribution in [2.45, 2.75) is 46.1 Å². The molecule has 7 nitrogen and oxygen atoms in total. The van der Waals surface area contributed by atoms with Gasteiger partial charge in [-0.25, -0.2) is 0 Å². The number of aryl methyl sites for hydroxylation is 2. The average molecular weight is 315 g/mol. The van der Waals surface area contributed by atoms with Crippen molar-refractivity contribution in [2.75, 3.05) is 24.4 Å². The third kappa shape index (κ3) is 3.75. The largest absolute Gasteiger partial charge is 0.315 e. The number of nitrogens with zero attached hydrogens (tertiary/aromatic N) is 2. The lowest BCUT2D eigenvalue weighted by atomic mass is 10.1. The van der Waals surface area contributed by atoms with Crippen LogP contribution in [-0.4, -0.2) is 48.6 Å². The predicted molar refractivity (Wildman–Crippen MR) is 83.5 cm³/mol. The van der Waals surface area contributed by atoms with Crippen molar-refractivity contribution in [3.8, 4) is 0 Å². The number of likely N-dealkylation sites (N-methyl/N-ethyl adjacent to an activating group) is 1. The van der Waals surface area contributed by atoms with Crippen LogP contribution >= 0.6 is 0 Å². The first kappa shape index (κ1) is 16.3. The second-order valence-corrected chi connectivity index (χ2v) is 7.11. The van der Waals surface area contributed by atoms with Gasteiger partial charge in [0, 0.05) is 19.1 Å². The van der Waals surface area contributed by atoms with E-state index in [1.165, 1.54) is 0 Å². The smallest absolute Gasteiger partial charge is 0.302 e. The average Bonchev–Trinajstić information content (AvgIpc) is 2.77. The Labute approximate surface area is 126 Å². The van der Waals surface area contributed by atoms with Gasteiger partial charge >= 0.3 is 10.2 Å². The number of aromatic nitrogens is 2. The first-order valence-corrected chi connectivity index (χ1v) is 8.91. The molecule has 3 N–H and O–H groups in total. The number of aromatic amines is 1. The fourth-order valence-electron chi connectivity index (χ4n) is 2.69. The van der Waals surface area contributed by atoms with E-state index >= 15 is 0 Å². The first-order chi connectivity index (χ1) is 9.95. The van der Waals surface area contributed by atoms with Crippen LogP contribution in [0.3, 0.4) is 0 Å². The molecule has 0 bridgehead atoms. The predicted octanol–water partition coefficient (Wildman–Crippen LogP) is 1.15. The molecule has 2 heterocycles. The van der Waals surface area contributed by atoms with Crippen LogP contribution in [0.1, 0.15) is 37.6 Å². The molecule has 1 unspecified atom stereocenters. The summed E-state index contributed by atoms with van der Waals surface area (Å²) in [6.45, 7) is 7.73. The van der Waals surface area contributed by atoms with Crippen LogP contribution in [0.4, 0.5) is 5.69 Å². The zero-order chi connectivity index (χ0) is 15.5. The normalized spacial score (nSPS) is 20.6. The van der Waals surface area contributed by atoms with E-state index in [0.717, 1.165) is 31.5 Å². The number of rotatable bonds is 6. The molecule has 0 radical (unpaired) electrons. The second-order valence-electron chi connectivity index (χ2n) is 5.48. The van der Waals surface area contributed by atoms with Crippen molar-refractivity contribution < 1.29 is 8.42 Å². The van der Waals surface area contributed by atoms with Crippen molar-refractivity contribution in [3.63, 3.8) is 0 Å². The standard InChI is InChI=1S/C13H25N5O2S/c1-4-14-9-12-7-5-6-8-18(12)21(19,20)17-13-10(2)15-16-11(13)3/h12,14,17H,4-9H2,1-3H3,(H,15,16). The summed E-state index contributed by atoms with van der Waals surface area (Å²) < 4.78 is 29.6. The molecule has 1 aliphatic rings. The van der Waals surface area contributed by atoms with Crippen LogP contribution in [0.25, 0.3) is 0 Å². The zero-order valence-corrected chi connectivity index (χ0v) is 13.8. The molecule has 1 atom stereocenters. The highest BCUT2D eigenvalue weighted by atomic mass is 32.2. The maximum atomic E-state index is 12.7. The summed E-state index contributed by atoms with van der Waals surface area (Å²) in [6.07, 6.45) is 2.88. The molecule has 8 heteroatoms. The van der Waals surface area contributed by atoms with Crippen molar-refractivity contribution in [1.82, 2.24) is 19.8 Å². The van der Waals surface area contributed by atoms with E-state index in [9.17, 15) is 8.42 Å². The molecule has 0 aromatic carbocycles. The SMILES string of the molecule is CCNCC1CCCCN1S(=O)(=O)Nc1c(C)n[nH]c1C. The Hall–Kier alpha value is -1.12. The fourth-order valence-corrected chi connectivity index (χ4v) is 4.31. The van der Waals surface area contributed by atoms with Gasteiger partial charge in [0.05, 0.1) is 17.1 Å². The van der Waals surface area contributed by atoms with Gasteiger partial charge < -0.3 is 5.32 Å². The van der Waals surface area contributed by atoms with Gasteiger partial charge in [-0.1, -0.05) is 13.3 Å². The van der Waals surface area contributed by atoms with Gasteiger partial charge in [0.1, 0.15) is 0 Å². The molecule has 1 aromatic rings. The third-order valence-electron chi connectivity index (χ3n) is 3.87. The topological polar surface area (TPSA) is 90.1 Å². The molecule has 21 heavy (non-hydrogen) atoms. The van der Waals surface area contributed by atoms with Gasteiger partial charge in [-0.05, 0) is 33.2 Å². The Morgan fingerprint density at radius 3 is 2.76 bits per heavy atom. The van der Waals surface area contributed by atoms with Gasteiger partial charge in [0.25, 0.3) is 0 Å². The molecule has 0 spiro atoms. The van der Waals surface area contributed by atoms with E-state index in [1.54, 1.807) is 11.2 Å². The van der Waals surface area contributed by atoms with Crippen LogP contribution in [0, 0.1) is 13.8 Å². The lowest BCUT2D eigenvalue weighted by molar-refractivity contribution is 0.248. The Bertz CT molecular complexity index is 550. The minimum absolute atomic E-state index is 0.0173. The second kappa shape index (κ2) is 6.76. The van der Waals surface area contributed by atoms with Gasteiger partial charge in [-0.2, -0.15) is 17.8 Å².